The molecule has 1 aliphatic rings. The van der Waals surface area contributed by atoms with Gasteiger partial charge in [0.15, 0.2) is 27.1 Å². The molecule has 182 valence electrons. The van der Waals surface area contributed by atoms with Crippen molar-refractivity contribution in [1.82, 2.24) is 4.90 Å². The zero-order valence-corrected chi connectivity index (χ0v) is 20.8. The predicted molar refractivity (Wildman–Crippen MR) is 129 cm³/mol. The fourth-order valence-corrected chi connectivity index (χ4v) is 6.21. The maximum atomic E-state index is 13.8. The summed E-state index contributed by atoms with van der Waals surface area (Å²) < 4.78 is 46.8. The Morgan fingerprint density at radius 1 is 1.06 bits per heavy atom. The van der Waals surface area contributed by atoms with E-state index in [1.807, 2.05) is 32.0 Å². The summed E-state index contributed by atoms with van der Waals surface area (Å²) in [6.45, 7) is 3.99. The van der Waals surface area contributed by atoms with Gasteiger partial charge >= 0.3 is 0 Å². The first kappa shape index (κ1) is 23.9. The average Bonchev–Trinajstić information content (AvgIpc) is 3.34. The van der Waals surface area contributed by atoms with Crippen molar-refractivity contribution in [2.75, 3.05) is 32.8 Å². The Balaban J connectivity index is 1.77. The molecule has 2 heterocycles. The van der Waals surface area contributed by atoms with E-state index in [0.29, 0.717) is 29.3 Å². The monoisotopic (exact) mass is 487 g/mol. The van der Waals surface area contributed by atoms with Crippen LogP contribution in [-0.4, -0.2) is 58.1 Å². The summed E-state index contributed by atoms with van der Waals surface area (Å²) in [6.07, 6.45) is 0.372. The number of sulfone groups is 1. The van der Waals surface area contributed by atoms with Crippen LogP contribution in [0.1, 0.15) is 33.7 Å². The van der Waals surface area contributed by atoms with Crippen LogP contribution < -0.4 is 14.2 Å². The lowest BCUT2D eigenvalue weighted by molar-refractivity contribution is 0.0649. The Bertz CT molecular complexity index is 1320. The van der Waals surface area contributed by atoms with Crippen LogP contribution in [0.15, 0.2) is 34.7 Å². The van der Waals surface area contributed by atoms with Crippen LogP contribution in [0.4, 0.5) is 0 Å². The fraction of sp³-hybridized carbons (Fsp3) is 0.400. The molecule has 0 saturated carbocycles. The van der Waals surface area contributed by atoms with E-state index in [1.54, 1.807) is 17.0 Å². The largest absolute Gasteiger partial charge is 0.493 e. The van der Waals surface area contributed by atoms with Crippen molar-refractivity contribution in [2.24, 2.45) is 0 Å². The number of aryl methyl sites for hydroxylation is 2. The van der Waals surface area contributed by atoms with Gasteiger partial charge < -0.3 is 23.5 Å². The smallest absolute Gasteiger partial charge is 0.290 e. The Kier molecular flexibility index (Phi) is 6.49. The molecular weight excluding hydrogens is 458 g/mol. The number of carbonyl (C=O) groups excluding carboxylic acids is 1. The van der Waals surface area contributed by atoms with Gasteiger partial charge in [-0.25, -0.2) is 8.42 Å². The number of hydrogen-bond donors (Lipinski definition) is 0. The molecule has 0 unspecified atom stereocenters. The number of nitrogens with zero attached hydrogens (tertiary/aromatic N) is 1. The molecule has 0 radical (unpaired) electrons. The van der Waals surface area contributed by atoms with Gasteiger partial charge in [0, 0.05) is 23.5 Å². The van der Waals surface area contributed by atoms with Crippen molar-refractivity contribution in [3.8, 4) is 17.2 Å². The molecule has 3 aromatic rings. The summed E-state index contributed by atoms with van der Waals surface area (Å²) in [5.74, 6) is 1.20. The third-order valence-electron chi connectivity index (χ3n) is 6.27. The lowest BCUT2D eigenvalue weighted by Crippen LogP contribution is -2.40. The molecule has 1 aliphatic heterocycles. The van der Waals surface area contributed by atoms with E-state index < -0.39 is 15.9 Å². The highest BCUT2D eigenvalue weighted by Gasteiger charge is 2.37. The number of furan rings is 1. The standard InChI is InChI=1S/C25H29NO7S/c1-15-6-7-20-19(10-15)16(2)23(33-20)25(27)26(18-8-9-34(28,29)14-18)13-17-11-21(30-3)24(32-5)22(12-17)31-4/h6-7,10-12,18H,8-9,13-14H2,1-5H3/t18-/m0/s1. The Morgan fingerprint density at radius 2 is 1.74 bits per heavy atom. The zero-order chi connectivity index (χ0) is 24.6. The number of benzene rings is 2. The van der Waals surface area contributed by atoms with Gasteiger partial charge in [-0.05, 0) is 50.1 Å². The third kappa shape index (κ3) is 4.44. The fourth-order valence-electron chi connectivity index (χ4n) is 4.48. The highest BCUT2D eigenvalue weighted by atomic mass is 32.2. The molecule has 34 heavy (non-hydrogen) atoms. The highest BCUT2D eigenvalue weighted by Crippen LogP contribution is 2.39. The van der Waals surface area contributed by atoms with Crippen molar-refractivity contribution < 1.29 is 31.8 Å². The zero-order valence-electron chi connectivity index (χ0n) is 20.0. The molecule has 0 spiro atoms. The Morgan fingerprint density at radius 3 is 2.29 bits per heavy atom. The SMILES string of the molecule is COc1cc(CN(C(=O)c2oc3ccc(C)cc3c2C)[C@H]2CCS(=O)(=O)C2)cc(OC)c1OC. The van der Waals surface area contributed by atoms with Crippen LogP contribution in [0, 0.1) is 13.8 Å². The van der Waals surface area contributed by atoms with Gasteiger partial charge in [0.2, 0.25) is 5.75 Å². The van der Waals surface area contributed by atoms with Gasteiger partial charge in [0.25, 0.3) is 5.91 Å². The van der Waals surface area contributed by atoms with E-state index in [4.69, 9.17) is 18.6 Å². The van der Waals surface area contributed by atoms with Crippen molar-refractivity contribution in [3.05, 3.63) is 52.8 Å². The van der Waals surface area contributed by atoms with E-state index >= 15 is 0 Å². The molecule has 1 saturated heterocycles. The molecule has 0 N–H and O–H groups in total. The maximum absolute atomic E-state index is 13.8. The topological polar surface area (TPSA) is 95.3 Å². The minimum atomic E-state index is -3.22. The van der Waals surface area contributed by atoms with Crippen LogP contribution in [0.3, 0.4) is 0 Å². The number of ether oxygens (including phenoxy) is 3. The number of fused-ring (bicyclic) bond motifs is 1. The first-order chi connectivity index (χ1) is 16.2. The minimum absolute atomic E-state index is 0.0506. The second-order valence-corrected chi connectivity index (χ2v) is 10.8. The first-order valence-electron chi connectivity index (χ1n) is 11.0. The predicted octanol–water partition coefficient (Wildman–Crippen LogP) is 3.90. The average molecular weight is 488 g/mol. The van der Waals surface area contributed by atoms with Crippen LogP contribution in [-0.2, 0) is 16.4 Å². The number of rotatable bonds is 7. The normalized spacial score (nSPS) is 17.0. The quantitative estimate of drug-likeness (QED) is 0.499. The first-order valence-corrected chi connectivity index (χ1v) is 12.8. The number of amides is 1. The van der Waals surface area contributed by atoms with Gasteiger partial charge in [0.1, 0.15) is 5.58 Å². The summed E-state index contributed by atoms with van der Waals surface area (Å²) in [4.78, 5) is 15.4. The van der Waals surface area contributed by atoms with E-state index in [2.05, 4.69) is 0 Å². The van der Waals surface area contributed by atoms with Gasteiger partial charge in [-0.2, -0.15) is 0 Å². The minimum Gasteiger partial charge on any atom is -0.493 e. The lowest BCUT2D eigenvalue weighted by Gasteiger charge is -2.28. The Labute approximate surface area is 199 Å². The lowest BCUT2D eigenvalue weighted by atomic mass is 10.1. The van der Waals surface area contributed by atoms with Gasteiger partial charge in [-0.15, -0.1) is 0 Å². The van der Waals surface area contributed by atoms with Crippen molar-refractivity contribution in [2.45, 2.75) is 32.9 Å². The van der Waals surface area contributed by atoms with Crippen LogP contribution in [0.25, 0.3) is 11.0 Å². The van der Waals surface area contributed by atoms with Crippen LogP contribution in [0.5, 0.6) is 17.2 Å². The van der Waals surface area contributed by atoms with Gasteiger partial charge in [-0.1, -0.05) is 11.6 Å². The molecule has 1 atom stereocenters. The molecule has 2 aromatic carbocycles. The molecule has 1 amide bonds. The van der Waals surface area contributed by atoms with Gasteiger partial charge in [0.05, 0.1) is 32.8 Å². The second kappa shape index (κ2) is 9.21. The molecule has 0 bridgehead atoms. The molecule has 1 aromatic heterocycles. The van der Waals surface area contributed by atoms with Gasteiger partial charge in [-0.3, -0.25) is 4.79 Å². The van der Waals surface area contributed by atoms with Crippen molar-refractivity contribution in [1.29, 1.82) is 0 Å². The van der Waals surface area contributed by atoms with E-state index in [9.17, 15) is 13.2 Å². The van der Waals surface area contributed by atoms with E-state index in [-0.39, 0.29) is 29.7 Å². The summed E-state index contributed by atoms with van der Waals surface area (Å²) in [7, 11) is 1.34. The van der Waals surface area contributed by atoms with Crippen LogP contribution >= 0.6 is 0 Å². The molecule has 0 aliphatic carbocycles. The van der Waals surface area contributed by atoms with E-state index in [1.165, 1.54) is 21.3 Å². The molecule has 8 nitrogen and oxygen atoms in total. The summed E-state index contributed by atoms with van der Waals surface area (Å²) >= 11 is 0. The van der Waals surface area contributed by atoms with E-state index in [0.717, 1.165) is 22.1 Å². The molecule has 4 rings (SSSR count). The van der Waals surface area contributed by atoms with Crippen LogP contribution in [0.2, 0.25) is 0 Å². The van der Waals surface area contributed by atoms with Crippen molar-refractivity contribution in [3.63, 3.8) is 0 Å². The van der Waals surface area contributed by atoms with Crippen molar-refractivity contribution >= 4 is 26.7 Å². The Hall–Kier alpha value is -3.20. The number of carbonyl (C=O) groups is 1. The summed E-state index contributed by atoms with van der Waals surface area (Å²) in [5.41, 5.74) is 3.14. The summed E-state index contributed by atoms with van der Waals surface area (Å²) in [6, 6.07) is 8.81. The molecule has 9 heteroatoms. The highest BCUT2D eigenvalue weighted by molar-refractivity contribution is 7.91. The number of methoxy groups -OCH3 is 3. The molecule has 1 fully saturated rings. The third-order valence-corrected chi connectivity index (χ3v) is 8.02. The summed E-state index contributed by atoms with van der Waals surface area (Å²) in [5, 5.41) is 0.870. The second-order valence-electron chi connectivity index (χ2n) is 8.58. The number of hydrogen-bond acceptors (Lipinski definition) is 7. The maximum Gasteiger partial charge on any atom is 0.290 e. The molecular formula is C25H29NO7S.